The van der Waals surface area contributed by atoms with Crippen LogP contribution in [0.5, 0.6) is 0 Å². The van der Waals surface area contributed by atoms with Gasteiger partial charge >= 0.3 is 0 Å². The summed E-state index contributed by atoms with van der Waals surface area (Å²) in [4.78, 5) is 5.32. The number of thiophene rings is 1. The summed E-state index contributed by atoms with van der Waals surface area (Å²) in [6, 6.07) is 3.17. The van der Waals surface area contributed by atoms with E-state index in [1.165, 1.54) is 33.5 Å². The van der Waals surface area contributed by atoms with Crippen LogP contribution in [0.4, 0.5) is 0 Å². The smallest absolute Gasteiger partial charge is 0.0731 e. The van der Waals surface area contributed by atoms with E-state index in [1.807, 2.05) is 11.3 Å². The molecule has 2 aliphatic rings. The molecule has 1 aliphatic carbocycles. The van der Waals surface area contributed by atoms with Crippen LogP contribution in [0.15, 0.2) is 10.5 Å². The molecule has 3 atom stereocenters. The number of rotatable bonds is 3. The largest absolute Gasteiger partial charge is 0.375 e. The first-order chi connectivity index (χ1) is 9.20. The van der Waals surface area contributed by atoms with Gasteiger partial charge < -0.3 is 10.5 Å². The van der Waals surface area contributed by atoms with Crippen molar-refractivity contribution in [2.45, 2.75) is 44.4 Å². The molecule has 0 bridgehead atoms. The molecule has 0 aromatic carbocycles. The van der Waals surface area contributed by atoms with E-state index in [9.17, 15) is 0 Å². The molecule has 2 fully saturated rings. The number of nitrogens with two attached hydrogens (primary N) is 1. The summed E-state index contributed by atoms with van der Waals surface area (Å²) in [5, 5.41) is 0. The van der Waals surface area contributed by atoms with Crippen molar-refractivity contribution in [1.29, 1.82) is 0 Å². The highest BCUT2D eigenvalue weighted by molar-refractivity contribution is 9.10. The Morgan fingerprint density at radius 2 is 2.42 bits per heavy atom. The van der Waals surface area contributed by atoms with Crippen molar-refractivity contribution in [3.63, 3.8) is 0 Å². The van der Waals surface area contributed by atoms with E-state index in [-0.39, 0.29) is 0 Å². The lowest BCUT2D eigenvalue weighted by atomic mass is 10.1. The summed E-state index contributed by atoms with van der Waals surface area (Å²) in [5.41, 5.74) is 6.09. The van der Waals surface area contributed by atoms with Crippen molar-refractivity contribution in [2.24, 2.45) is 5.73 Å². The number of ether oxygens (including phenoxy) is 1. The lowest BCUT2D eigenvalue weighted by molar-refractivity contribution is -0.0706. The van der Waals surface area contributed by atoms with Gasteiger partial charge in [-0.05, 0) is 48.2 Å². The fourth-order valence-corrected chi connectivity index (χ4v) is 5.10. The highest BCUT2D eigenvalue weighted by atomic mass is 79.9. The molecule has 5 heteroatoms. The van der Waals surface area contributed by atoms with E-state index in [0.29, 0.717) is 24.7 Å². The van der Waals surface area contributed by atoms with Crippen LogP contribution in [0.1, 0.15) is 35.1 Å². The van der Waals surface area contributed by atoms with Crippen LogP contribution >= 0.6 is 27.3 Å². The first-order valence-electron chi connectivity index (χ1n) is 7.04. The average molecular weight is 345 g/mol. The number of morpholine rings is 1. The highest BCUT2D eigenvalue weighted by Gasteiger charge is 2.39. The van der Waals surface area contributed by atoms with Gasteiger partial charge in [-0.1, -0.05) is 0 Å². The molecule has 19 heavy (non-hydrogen) atoms. The van der Waals surface area contributed by atoms with Gasteiger partial charge in [0.1, 0.15) is 0 Å². The van der Waals surface area contributed by atoms with Gasteiger partial charge in [-0.2, -0.15) is 0 Å². The second-order valence-electron chi connectivity index (χ2n) is 5.45. The highest BCUT2D eigenvalue weighted by Crippen LogP contribution is 2.38. The topological polar surface area (TPSA) is 38.5 Å². The van der Waals surface area contributed by atoms with Gasteiger partial charge in [-0.25, -0.2) is 0 Å². The normalized spacial score (nSPS) is 29.4. The molecule has 0 radical (unpaired) electrons. The maximum atomic E-state index is 6.09. The maximum Gasteiger partial charge on any atom is 0.0731 e. The van der Waals surface area contributed by atoms with Crippen LogP contribution in [-0.2, 0) is 4.74 Å². The lowest BCUT2D eigenvalue weighted by Crippen LogP contribution is -2.51. The first kappa shape index (κ1) is 14.0. The molecule has 0 amide bonds. The molecule has 1 aromatic heterocycles. The number of hydrogen-bond donors (Lipinski definition) is 1. The Morgan fingerprint density at radius 1 is 1.58 bits per heavy atom. The van der Waals surface area contributed by atoms with Gasteiger partial charge in [-0.3, -0.25) is 4.90 Å². The van der Waals surface area contributed by atoms with Crippen LogP contribution in [0.25, 0.3) is 0 Å². The molecule has 1 aromatic rings. The zero-order chi connectivity index (χ0) is 13.4. The van der Waals surface area contributed by atoms with Gasteiger partial charge in [0.2, 0.25) is 0 Å². The predicted molar refractivity (Wildman–Crippen MR) is 82.6 cm³/mol. The van der Waals surface area contributed by atoms with E-state index in [0.717, 1.165) is 13.2 Å². The SMILES string of the molecule is Cc1sc(C(CN)N2CCOC3CCCC32)cc1Br. The molecule has 1 aliphatic heterocycles. The molecule has 1 saturated heterocycles. The summed E-state index contributed by atoms with van der Waals surface area (Å²) < 4.78 is 7.11. The number of nitrogens with zero attached hydrogens (tertiary/aromatic N) is 1. The number of aryl methyl sites for hydroxylation is 1. The summed E-state index contributed by atoms with van der Waals surface area (Å²) in [6.07, 6.45) is 4.20. The van der Waals surface area contributed by atoms with Crippen LogP contribution in [0.2, 0.25) is 0 Å². The van der Waals surface area contributed by atoms with Crippen LogP contribution in [0.3, 0.4) is 0 Å². The van der Waals surface area contributed by atoms with Crippen LogP contribution in [0, 0.1) is 6.92 Å². The molecule has 1 saturated carbocycles. The molecule has 2 N–H and O–H groups in total. The van der Waals surface area contributed by atoms with E-state index in [4.69, 9.17) is 10.5 Å². The van der Waals surface area contributed by atoms with Crippen molar-refractivity contribution in [3.05, 3.63) is 20.3 Å². The number of fused-ring (bicyclic) bond motifs is 1. The molecule has 2 heterocycles. The summed E-state index contributed by atoms with van der Waals surface area (Å²) >= 11 is 5.49. The molecular formula is C14H21BrN2OS. The first-order valence-corrected chi connectivity index (χ1v) is 8.65. The molecule has 0 spiro atoms. The zero-order valence-electron chi connectivity index (χ0n) is 11.3. The van der Waals surface area contributed by atoms with Crippen molar-refractivity contribution < 1.29 is 4.74 Å². The van der Waals surface area contributed by atoms with Crippen molar-refractivity contribution in [2.75, 3.05) is 19.7 Å². The van der Waals surface area contributed by atoms with Crippen molar-refractivity contribution in [1.82, 2.24) is 4.90 Å². The Hall–Kier alpha value is 0.0600. The van der Waals surface area contributed by atoms with Gasteiger partial charge in [-0.15, -0.1) is 11.3 Å². The molecule has 3 unspecified atom stereocenters. The summed E-state index contributed by atoms with van der Waals surface area (Å²) in [6.45, 7) is 4.71. The molecular weight excluding hydrogens is 324 g/mol. The number of hydrogen-bond acceptors (Lipinski definition) is 4. The molecule has 3 nitrogen and oxygen atoms in total. The second-order valence-corrected chi connectivity index (χ2v) is 7.59. The minimum Gasteiger partial charge on any atom is -0.375 e. The van der Waals surface area contributed by atoms with E-state index in [2.05, 4.69) is 33.8 Å². The Kier molecular flexibility index (Phi) is 4.29. The Balaban J connectivity index is 1.84. The monoisotopic (exact) mass is 344 g/mol. The van der Waals surface area contributed by atoms with Gasteiger partial charge in [0, 0.05) is 33.4 Å². The minimum atomic E-state index is 0.351. The molecule has 3 rings (SSSR count). The Morgan fingerprint density at radius 3 is 3.11 bits per heavy atom. The standard InChI is InChI=1S/C14H21BrN2OS/c1-9-10(15)7-14(19-9)12(8-16)17-5-6-18-13-4-2-3-11(13)17/h7,11-13H,2-6,8,16H2,1H3. The number of halogens is 1. The second kappa shape index (κ2) is 5.82. The third-order valence-electron chi connectivity index (χ3n) is 4.35. The van der Waals surface area contributed by atoms with Crippen LogP contribution < -0.4 is 5.73 Å². The van der Waals surface area contributed by atoms with Crippen molar-refractivity contribution >= 4 is 27.3 Å². The average Bonchev–Trinajstić information content (AvgIpc) is 2.99. The van der Waals surface area contributed by atoms with Crippen LogP contribution in [-0.4, -0.2) is 36.7 Å². The Bertz CT molecular complexity index is 431. The van der Waals surface area contributed by atoms with E-state index >= 15 is 0 Å². The van der Waals surface area contributed by atoms with E-state index in [1.54, 1.807) is 0 Å². The third kappa shape index (κ3) is 2.63. The quantitative estimate of drug-likeness (QED) is 0.915. The molecule has 106 valence electrons. The summed E-state index contributed by atoms with van der Waals surface area (Å²) in [7, 11) is 0. The van der Waals surface area contributed by atoms with Gasteiger partial charge in [0.25, 0.3) is 0 Å². The predicted octanol–water partition coefficient (Wildman–Crippen LogP) is 3.07. The fraction of sp³-hybridized carbons (Fsp3) is 0.714. The minimum absolute atomic E-state index is 0.351. The summed E-state index contributed by atoms with van der Waals surface area (Å²) in [5.74, 6) is 0. The van der Waals surface area contributed by atoms with Gasteiger partial charge in [0.05, 0.1) is 18.8 Å². The van der Waals surface area contributed by atoms with Crippen molar-refractivity contribution in [3.8, 4) is 0 Å². The Labute approximate surface area is 127 Å². The van der Waals surface area contributed by atoms with Gasteiger partial charge in [0.15, 0.2) is 0 Å². The maximum absolute atomic E-state index is 6.09. The zero-order valence-corrected chi connectivity index (χ0v) is 13.7. The fourth-order valence-electron chi connectivity index (χ4n) is 3.40. The lowest BCUT2D eigenvalue weighted by Gasteiger charge is -2.42. The third-order valence-corrected chi connectivity index (χ3v) is 6.59. The van der Waals surface area contributed by atoms with E-state index < -0.39 is 0 Å².